The third-order valence-electron chi connectivity index (χ3n) is 2.54. The van der Waals surface area contributed by atoms with Crippen molar-refractivity contribution in [3.05, 3.63) is 53.6 Å². The van der Waals surface area contributed by atoms with Crippen molar-refractivity contribution in [1.29, 1.82) is 0 Å². The Kier molecular flexibility index (Phi) is 7.83. The Morgan fingerprint density at radius 2 is 1.96 bits per heavy atom. The molecule has 0 aliphatic heterocycles. The summed E-state index contributed by atoms with van der Waals surface area (Å²) in [4.78, 5) is 13.1. The smallest absolute Gasteiger partial charge is 1.00 e. The number of rotatable bonds is 6. The van der Waals surface area contributed by atoms with Gasteiger partial charge in [-0.3, -0.25) is 0 Å². The fourth-order valence-electron chi connectivity index (χ4n) is 1.49. The molecule has 0 bridgehead atoms. The van der Waals surface area contributed by atoms with E-state index in [1.165, 1.54) is 18.3 Å². The molecule has 1 aromatic carbocycles. The second kappa shape index (κ2) is 8.73. The summed E-state index contributed by atoms with van der Waals surface area (Å²) in [5, 5.41) is -0.136. The normalized spacial score (nSPS) is 13.6. The summed E-state index contributed by atoms with van der Waals surface area (Å²) >= 11 is 5.69. The molecule has 24 heavy (non-hydrogen) atoms. The number of pyridine rings is 1. The Labute approximate surface area is 166 Å². The quantitative estimate of drug-likeness (QED) is 0.382. The van der Waals surface area contributed by atoms with E-state index in [2.05, 4.69) is 4.98 Å². The molecule has 0 aliphatic carbocycles. The maximum absolute atomic E-state index is 12.8. The van der Waals surface area contributed by atoms with E-state index < -0.39 is 29.7 Å². The first-order valence-corrected chi connectivity index (χ1v) is 9.69. The molecule has 12 heteroatoms. The maximum atomic E-state index is 12.8. The van der Waals surface area contributed by atoms with E-state index >= 15 is 0 Å². The van der Waals surface area contributed by atoms with E-state index in [0.29, 0.717) is 0 Å². The molecule has 1 aromatic heterocycles. The number of aromatic nitrogens is 1. The molecule has 1 heterocycles. The molecule has 0 saturated carbocycles. The molecule has 2 N–H and O–H groups in total. The summed E-state index contributed by atoms with van der Waals surface area (Å²) in [7, 11) is -8.45. The second-order valence-electron chi connectivity index (χ2n) is 4.28. The van der Waals surface area contributed by atoms with Gasteiger partial charge in [0.1, 0.15) is 12.1 Å². The Morgan fingerprint density at radius 1 is 1.33 bits per heavy atom. The average Bonchev–Trinajstić information content (AvgIpc) is 2.48. The van der Waals surface area contributed by atoms with Crippen LogP contribution in [0.4, 0.5) is 4.39 Å². The molecule has 0 amide bonds. The fraction of sp³-hybridized carbons (Fsp3) is 0.0833. The molecular weight excluding hydrogens is 393 g/mol. The summed E-state index contributed by atoms with van der Waals surface area (Å²) in [6, 6.07) is 6.71. The van der Waals surface area contributed by atoms with Gasteiger partial charge in [-0.15, -0.1) is 0 Å². The molecule has 0 radical (unpaired) electrons. The van der Waals surface area contributed by atoms with Gasteiger partial charge in [0.15, 0.2) is 10.9 Å². The Hall–Kier alpha value is -0.510. The molecule has 1 atom stereocenters. The van der Waals surface area contributed by atoms with Gasteiger partial charge in [0.25, 0.3) is 0 Å². The van der Waals surface area contributed by atoms with Crippen LogP contribution < -0.4 is 38.8 Å². The molecule has 126 valence electrons. The number of nitrogens with zero attached hydrogens (tertiary/aromatic N) is 1. The number of hydrogen-bond donors (Lipinski definition) is 2. The minimum absolute atomic E-state index is 0. The van der Waals surface area contributed by atoms with E-state index in [1.807, 2.05) is 4.72 Å². The summed E-state index contributed by atoms with van der Waals surface area (Å²) in [6.45, 7) is 0. The number of benzene rings is 1. The van der Waals surface area contributed by atoms with Crippen molar-refractivity contribution in [2.24, 2.45) is 0 Å². The van der Waals surface area contributed by atoms with Crippen LogP contribution in [0.2, 0.25) is 5.15 Å². The largest absolute Gasteiger partial charge is 1.00 e. The Morgan fingerprint density at radius 3 is 2.54 bits per heavy atom. The Balaban J connectivity index is 0.00000288. The van der Waals surface area contributed by atoms with Crippen LogP contribution in [0.15, 0.2) is 47.5 Å². The van der Waals surface area contributed by atoms with Crippen molar-refractivity contribution in [1.82, 2.24) is 9.71 Å². The molecule has 7 nitrogen and oxygen atoms in total. The van der Waals surface area contributed by atoms with Gasteiger partial charge in [-0.1, -0.05) is 11.6 Å². The van der Waals surface area contributed by atoms with Crippen molar-refractivity contribution >= 4 is 29.2 Å². The first-order valence-electron chi connectivity index (χ1n) is 6.07. The van der Waals surface area contributed by atoms with Crippen molar-refractivity contribution in [3.63, 3.8) is 0 Å². The van der Waals surface area contributed by atoms with Gasteiger partial charge in [-0.25, -0.2) is 22.4 Å². The van der Waals surface area contributed by atoms with Crippen molar-refractivity contribution in [2.45, 2.75) is 4.90 Å². The summed E-state index contributed by atoms with van der Waals surface area (Å²) in [5.74, 6) is -0.757. The molecule has 0 spiro atoms. The predicted molar refractivity (Wildman–Crippen MR) is 82.4 cm³/mol. The minimum atomic E-state index is -4.36. The zero-order chi connectivity index (χ0) is 17.1. The van der Waals surface area contributed by atoms with E-state index in [-0.39, 0.29) is 46.8 Å². The van der Waals surface area contributed by atoms with Crippen molar-refractivity contribution in [2.75, 3.05) is 6.29 Å². The number of sulfonamides is 1. The number of hydrogen-bond acceptors (Lipinski definition) is 5. The molecule has 2 aromatic rings. The summed E-state index contributed by atoms with van der Waals surface area (Å²) in [6.07, 6.45) is 0.465. The first kappa shape index (κ1) is 21.5. The topological polar surface area (TPSA) is 106 Å². The minimum Gasteiger partial charge on any atom is -1.00 e. The standard InChI is InChI=1S/C12H11ClFN2O5PS.Na.H/c13-12-11(2-1-7-15-12)21-22(17,18)8-16-23(19,20)10-5-3-9(14)4-6-10;;/h1-7,16H,8H2,(H,17,18);;/q;+1;-1. The van der Waals surface area contributed by atoms with Gasteiger partial charge in [0.2, 0.25) is 10.0 Å². The van der Waals surface area contributed by atoms with E-state index in [1.54, 1.807) is 0 Å². The molecule has 0 fully saturated rings. The first-order chi connectivity index (χ1) is 10.7. The summed E-state index contributed by atoms with van der Waals surface area (Å²) < 4.78 is 55.4. The zero-order valence-corrected chi connectivity index (χ0v) is 16.9. The average molecular weight is 405 g/mol. The van der Waals surface area contributed by atoms with Gasteiger partial charge in [0, 0.05) is 6.20 Å². The Bertz CT molecular complexity index is 859. The molecule has 1 unspecified atom stereocenters. The molecule has 2 rings (SSSR count). The van der Waals surface area contributed by atoms with Crippen LogP contribution in [0.1, 0.15) is 1.43 Å². The molecule has 0 aliphatic rings. The van der Waals surface area contributed by atoms with Gasteiger partial charge >= 0.3 is 37.2 Å². The van der Waals surface area contributed by atoms with Crippen molar-refractivity contribution < 1.29 is 57.8 Å². The van der Waals surface area contributed by atoms with E-state index in [9.17, 15) is 22.3 Å². The van der Waals surface area contributed by atoms with Crippen LogP contribution >= 0.6 is 19.2 Å². The molecular formula is C12H12ClFN2NaO5PS. The molecule has 0 saturated heterocycles. The third-order valence-corrected chi connectivity index (χ3v) is 5.50. The third kappa shape index (κ3) is 6.09. The fourth-order valence-corrected chi connectivity index (χ4v) is 4.21. The van der Waals surface area contributed by atoms with Crippen LogP contribution in [-0.2, 0) is 14.6 Å². The number of halogens is 2. The van der Waals surface area contributed by atoms with Crippen molar-refractivity contribution in [3.8, 4) is 5.75 Å². The predicted octanol–water partition coefficient (Wildman–Crippen LogP) is -0.509. The van der Waals surface area contributed by atoms with Crippen LogP contribution in [-0.4, -0.2) is 24.6 Å². The SMILES string of the molecule is O=P(O)(CNS(=O)(=O)c1ccc(F)cc1)Oc1cccnc1Cl.[H-].[Na+]. The summed E-state index contributed by atoms with van der Waals surface area (Å²) in [5.41, 5.74) is 0. The van der Waals surface area contributed by atoms with Gasteiger partial charge in [-0.05, 0) is 36.4 Å². The number of nitrogens with one attached hydrogen (secondary N) is 1. The second-order valence-corrected chi connectivity index (χ2v) is 8.18. The van der Waals surface area contributed by atoms with E-state index in [4.69, 9.17) is 16.1 Å². The van der Waals surface area contributed by atoms with Crippen LogP contribution in [0.3, 0.4) is 0 Å². The zero-order valence-electron chi connectivity index (χ0n) is 13.4. The van der Waals surface area contributed by atoms with Gasteiger partial charge < -0.3 is 10.8 Å². The monoisotopic (exact) mass is 404 g/mol. The van der Waals surface area contributed by atoms with E-state index in [0.717, 1.165) is 24.3 Å². The maximum Gasteiger partial charge on any atom is 1.00 e. The van der Waals surface area contributed by atoms with Crippen LogP contribution in [0, 0.1) is 5.82 Å². The van der Waals surface area contributed by atoms with Gasteiger partial charge in [0.05, 0.1) is 4.90 Å². The van der Waals surface area contributed by atoms with Crippen LogP contribution in [0.5, 0.6) is 5.75 Å². The van der Waals surface area contributed by atoms with Gasteiger partial charge in [-0.2, -0.15) is 4.72 Å². The van der Waals surface area contributed by atoms with Crippen LogP contribution in [0.25, 0.3) is 0 Å².